The standard InChI is InChI=1S/CHF3O3S.CH5O4P/c2-1(3,4)8(5,6)7;2-1-6(3,4)5/h(H,5,6,7);2H,1H2,(H2,3,4,5). The van der Waals surface area contributed by atoms with E-state index in [0.29, 0.717) is 0 Å². The van der Waals surface area contributed by atoms with Crippen molar-refractivity contribution in [2.24, 2.45) is 0 Å². The number of aliphatic hydroxyl groups is 1. The first-order chi connectivity index (χ1) is 5.81. The Morgan fingerprint density at radius 3 is 1.36 bits per heavy atom. The van der Waals surface area contributed by atoms with E-state index in [1.54, 1.807) is 0 Å². The summed E-state index contributed by atoms with van der Waals surface area (Å²) < 4.78 is 67.0. The van der Waals surface area contributed by atoms with Crippen LogP contribution in [0.2, 0.25) is 0 Å². The van der Waals surface area contributed by atoms with Crippen molar-refractivity contribution < 1.29 is 45.6 Å². The Morgan fingerprint density at radius 2 is 1.36 bits per heavy atom. The van der Waals surface area contributed by atoms with Crippen molar-refractivity contribution in [1.82, 2.24) is 0 Å². The van der Waals surface area contributed by atoms with Gasteiger partial charge < -0.3 is 14.9 Å². The molecule has 4 N–H and O–H groups in total. The summed E-state index contributed by atoms with van der Waals surface area (Å²) in [6, 6.07) is 0. The quantitative estimate of drug-likeness (QED) is 0.284. The van der Waals surface area contributed by atoms with Gasteiger partial charge in [0.1, 0.15) is 6.35 Å². The summed E-state index contributed by atoms with van der Waals surface area (Å²) in [7, 11) is -9.93. The molecule has 0 spiro atoms. The molecule has 0 aliphatic heterocycles. The number of hydrogen-bond acceptors (Lipinski definition) is 4. The summed E-state index contributed by atoms with van der Waals surface area (Å²) in [6.45, 7) is 0. The maximum absolute atomic E-state index is 10.7. The van der Waals surface area contributed by atoms with Gasteiger partial charge in [0, 0.05) is 0 Å². The molecule has 0 saturated heterocycles. The minimum absolute atomic E-state index is 1.06. The number of halogens is 3. The van der Waals surface area contributed by atoms with Crippen LogP contribution in [0, 0.1) is 0 Å². The van der Waals surface area contributed by atoms with E-state index in [1.165, 1.54) is 0 Å². The number of alkyl halides is 3. The molecule has 88 valence electrons. The molecule has 0 unspecified atom stereocenters. The first-order valence-corrected chi connectivity index (χ1v) is 5.74. The van der Waals surface area contributed by atoms with Crippen molar-refractivity contribution in [3.8, 4) is 0 Å². The lowest BCUT2D eigenvalue weighted by Crippen LogP contribution is -2.21. The van der Waals surface area contributed by atoms with Crippen LogP contribution >= 0.6 is 7.60 Å². The fourth-order valence-corrected chi connectivity index (χ4v) is 0. The average molecular weight is 262 g/mol. The highest BCUT2D eigenvalue weighted by Gasteiger charge is 2.44. The minimum atomic E-state index is -5.84. The molecule has 0 fully saturated rings. The molecule has 0 aliphatic carbocycles. The number of hydrogen-bond donors (Lipinski definition) is 4. The summed E-state index contributed by atoms with van der Waals surface area (Å²) in [5.41, 5.74) is -5.53. The van der Waals surface area contributed by atoms with Crippen molar-refractivity contribution in [3.63, 3.8) is 0 Å². The predicted octanol–water partition coefficient (Wildman–Crippen LogP) is -0.492. The molecule has 0 radical (unpaired) electrons. The van der Waals surface area contributed by atoms with Crippen LogP contribution in [0.4, 0.5) is 13.2 Å². The van der Waals surface area contributed by atoms with Crippen LogP contribution in [0.15, 0.2) is 0 Å². The Bertz CT molecular complexity index is 299. The zero-order valence-corrected chi connectivity index (χ0v) is 7.92. The first-order valence-electron chi connectivity index (χ1n) is 2.50. The normalized spacial score (nSPS) is 13.1. The van der Waals surface area contributed by atoms with Gasteiger partial charge in [-0.05, 0) is 0 Å². The lowest BCUT2D eigenvalue weighted by Gasteiger charge is -1.97. The van der Waals surface area contributed by atoms with Crippen molar-refractivity contribution >= 4 is 17.7 Å². The molecular formula is C2H6F3O7PS. The van der Waals surface area contributed by atoms with Gasteiger partial charge in [-0.25, -0.2) is 0 Å². The van der Waals surface area contributed by atoms with Gasteiger partial charge in [0.05, 0.1) is 0 Å². The highest BCUT2D eigenvalue weighted by molar-refractivity contribution is 7.86. The molecule has 0 saturated carbocycles. The van der Waals surface area contributed by atoms with E-state index in [0.717, 1.165) is 0 Å². The zero-order valence-electron chi connectivity index (χ0n) is 6.21. The summed E-state index contributed by atoms with van der Waals surface area (Å²) in [4.78, 5) is 15.4. The molecule has 0 bridgehead atoms. The third-order valence-electron chi connectivity index (χ3n) is 0.477. The molecule has 0 heterocycles. The fourth-order valence-electron chi connectivity index (χ4n) is 0. The van der Waals surface area contributed by atoms with E-state index in [1.807, 2.05) is 0 Å². The smallest absolute Gasteiger partial charge is 0.384 e. The summed E-state index contributed by atoms with van der Waals surface area (Å²) >= 11 is 0. The predicted molar refractivity (Wildman–Crippen MR) is 36.7 cm³/mol. The van der Waals surface area contributed by atoms with Crippen LogP contribution in [0.3, 0.4) is 0 Å². The molecule has 7 nitrogen and oxygen atoms in total. The SMILES string of the molecule is O=P(O)(O)CO.O=S(=O)(O)C(F)(F)F. The summed E-state index contributed by atoms with van der Waals surface area (Å²) in [5, 5.41) is 7.64. The molecule has 0 aromatic heterocycles. The molecule has 0 aromatic rings. The van der Waals surface area contributed by atoms with Crippen LogP contribution in [-0.2, 0) is 14.7 Å². The monoisotopic (exact) mass is 262 g/mol. The number of aliphatic hydroxyl groups excluding tert-OH is 1. The van der Waals surface area contributed by atoms with Gasteiger partial charge in [0.25, 0.3) is 0 Å². The zero-order chi connectivity index (χ0) is 12.2. The Balaban J connectivity index is 0. The van der Waals surface area contributed by atoms with E-state index >= 15 is 0 Å². The van der Waals surface area contributed by atoms with E-state index in [4.69, 9.17) is 27.9 Å². The van der Waals surface area contributed by atoms with Gasteiger partial charge in [0.2, 0.25) is 0 Å². The molecule has 0 rings (SSSR count). The second-order valence-electron chi connectivity index (χ2n) is 1.73. The molecule has 0 amide bonds. The topological polar surface area (TPSA) is 132 Å². The van der Waals surface area contributed by atoms with E-state index in [-0.39, 0.29) is 0 Å². The maximum Gasteiger partial charge on any atom is 0.522 e. The van der Waals surface area contributed by atoms with Crippen LogP contribution in [0.25, 0.3) is 0 Å². The van der Waals surface area contributed by atoms with Gasteiger partial charge in [-0.1, -0.05) is 0 Å². The molecular weight excluding hydrogens is 256 g/mol. The largest absolute Gasteiger partial charge is 0.522 e. The third-order valence-corrected chi connectivity index (χ3v) is 1.43. The minimum Gasteiger partial charge on any atom is -0.384 e. The third kappa shape index (κ3) is 9.89. The lowest BCUT2D eigenvalue weighted by molar-refractivity contribution is -0.0510. The molecule has 0 aliphatic rings. The van der Waals surface area contributed by atoms with E-state index in [9.17, 15) is 17.7 Å². The summed E-state index contributed by atoms with van der Waals surface area (Å²) in [6.07, 6.45) is -1.06. The van der Waals surface area contributed by atoms with Crippen molar-refractivity contribution in [1.29, 1.82) is 0 Å². The first kappa shape index (κ1) is 16.2. The fraction of sp³-hybridized carbons (Fsp3) is 1.00. The van der Waals surface area contributed by atoms with Gasteiger partial charge >= 0.3 is 23.2 Å². The highest BCUT2D eigenvalue weighted by Crippen LogP contribution is 2.31. The maximum atomic E-state index is 10.7. The Hall–Kier alpha value is -0.190. The average Bonchev–Trinajstić information content (AvgIpc) is 1.82. The van der Waals surface area contributed by atoms with Crippen LogP contribution in [0.5, 0.6) is 0 Å². The van der Waals surface area contributed by atoms with Crippen LogP contribution < -0.4 is 0 Å². The second-order valence-corrected chi connectivity index (χ2v) is 4.75. The van der Waals surface area contributed by atoms with Gasteiger partial charge in [-0.15, -0.1) is 0 Å². The summed E-state index contributed by atoms with van der Waals surface area (Å²) in [5.74, 6) is 0. The lowest BCUT2D eigenvalue weighted by atomic mass is 11.6. The van der Waals surface area contributed by atoms with E-state index < -0.39 is 29.6 Å². The number of rotatable bonds is 1. The Morgan fingerprint density at radius 1 is 1.21 bits per heavy atom. The van der Waals surface area contributed by atoms with Gasteiger partial charge in [-0.3, -0.25) is 9.12 Å². The Kier molecular flexibility index (Phi) is 5.86. The molecule has 12 heteroatoms. The highest BCUT2D eigenvalue weighted by atomic mass is 32.2. The van der Waals surface area contributed by atoms with Gasteiger partial charge in [-0.2, -0.15) is 21.6 Å². The Labute approximate surface area is 76.1 Å². The molecule has 14 heavy (non-hydrogen) atoms. The van der Waals surface area contributed by atoms with Crippen molar-refractivity contribution in [3.05, 3.63) is 0 Å². The van der Waals surface area contributed by atoms with Crippen molar-refractivity contribution in [2.45, 2.75) is 5.51 Å². The van der Waals surface area contributed by atoms with Gasteiger partial charge in [0.15, 0.2) is 0 Å². The second kappa shape index (κ2) is 5.05. The molecule has 0 atom stereocenters. The van der Waals surface area contributed by atoms with Crippen LogP contribution in [-0.4, -0.2) is 39.7 Å². The van der Waals surface area contributed by atoms with Crippen LogP contribution in [0.1, 0.15) is 0 Å². The van der Waals surface area contributed by atoms with Crippen molar-refractivity contribution in [2.75, 3.05) is 6.35 Å². The van der Waals surface area contributed by atoms with E-state index in [2.05, 4.69) is 0 Å². The molecule has 0 aromatic carbocycles.